The van der Waals surface area contributed by atoms with Crippen molar-refractivity contribution in [2.45, 2.75) is 290 Å². The van der Waals surface area contributed by atoms with Crippen molar-refractivity contribution in [3.8, 4) is 11.5 Å². The number of hydrogen-bond donors (Lipinski definition) is 0. The van der Waals surface area contributed by atoms with Crippen LogP contribution in [-0.4, -0.2) is 123 Å². The Labute approximate surface area is 577 Å². The maximum absolute atomic E-state index is 12.7. The largest absolute Gasteiger partial charge is 0.466 e. The maximum Gasteiger partial charge on any atom is 0.311 e. The summed E-state index contributed by atoms with van der Waals surface area (Å²) in [5.41, 5.74) is 1.65. The number of likely N-dealkylation sites (tertiary alicyclic amines) is 2. The number of nitrogens with zero attached hydrogens (tertiary/aromatic N) is 2. The number of rotatable bonds is 58. The molecule has 2 aliphatic heterocycles. The van der Waals surface area contributed by atoms with Crippen LogP contribution < -0.4 is 9.47 Å². The van der Waals surface area contributed by atoms with Crippen LogP contribution in [0, 0.1) is 17.8 Å². The molecule has 0 aromatic heterocycles. The van der Waals surface area contributed by atoms with Crippen molar-refractivity contribution in [1.29, 1.82) is 0 Å². The topological polar surface area (TPSA) is 164 Å². The second kappa shape index (κ2) is 55.8. The minimum atomic E-state index is -0.300. The van der Waals surface area contributed by atoms with Crippen molar-refractivity contribution in [3.63, 3.8) is 0 Å². The van der Waals surface area contributed by atoms with Gasteiger partial charge >= 0.3 is 35.8 Å². The monoisotopic (exact) mass is 1350 g/mol. The SMILES string of the molecule is CCCCCCCCCOC(=O)CCCCCCCC(=O)Oc1ccc(CC(=O)OCCC2CCN(CCSSCCN3CCC(CCOC(=O)Cc4ccc(OC(=O)CCCCCC(=O)OCCC(CCCCCCCC)CCCCCCCC)cc4)CC3)CC2)cc1. The first-order valence-corrected chi connectivity index (χ1v) is 40.4. The van der Waals surface area contributed by atoms with Crippen LogP contribution in [0.2, 0.25) is 0 Å². The highest BCUT2D eigenvalue weighted by Crippen LogP contribution is 2.28. The van der Waals surface area contributed by atoms with Gasteiger partial charge in [0, 0.05) is 50.3 Å². The maximum atomic E-state index is 12.7. The normalized spacial score (nSPS) is 14.1. The number of ether oxygens (including phenoxy) is 6. The van der Waals surface area contributed by atoms with Gasteiger partial charge in [0.1, 0.15) is 11.5 Å². The predicted octanol–water partition coefficient (Wildman–Crippen LogP) is 19.0. The summed E-state index contributed by atoms with van der Waals surface area (Å²) < 4.78 is 33.4. The molecule has 0 amide bonds. The molecule has 0 radical (unpaired) electrons. The first-order valence-electron chi connectivity index (χ1n) is 37.9. The molecule has 0 atom stereocenters. The first kappa shape index (κ1) is 82.3. The minimum Gasteiger partial charge on any atom is -0.466 e. The Morgan fingerprint density at radius 1 is 0.372 bits per heavy atom. The second-order valence-corrected chi connectivity index (χ2v) is 29.7. The lowest BCUT2D eigenvalue weighted by molar-refractivity contribution is -0.145. The van der Waals surface area contributed by atoms with Gasteiger partial charge in [0.2, 0.25) is 0 Å². The van der Waals surface area contributed by atoms with Crippen LogP contribution >= 0.6 is 21.6 Å². The Hall–Kier alpha value is -4.12. The predicted molar refractivity (Wildman–Crippen MR) is 385 cm³/mol. The van der Waals surface area contributed by atoms with E-state index in [0.717, 1.165) is 158 Å². The highest BCUT2D eigenvalue weighted by atomic mass is 33.1. The molecule has 0 aliphatic carbocycles. The Kier molecular flexibility index (Phi) is 48.9. The van der Waals surface area contributed by atoms with E-state index in [0.29, 0.717) is 87.8 Å². The zero-order valence-corrected chi connectivity index (χ0v) is 60.8. The van der Waals surface area contributed by atoms with E-state index in [1.165, 1.54) is 122 Å². The zero-order chi connectivity index (χ0) is 67.2. The summed E-state index contributed by atoms with van der Waals surface area (Å²) in [7, 11) is 3.95. The standard InChI is InChI=1S/C78H128N2O12S2/c1-4-7-10-13-16-22-30-58-87-73(81)33-26-20-17-21-27-35-75(83)91-71-41-37-69(38-42-71)64-77(85)89-60-50-67-45-52-79(53-46-67)56-62-93-94-63-57-80-54-47-68(48-55-80)51-61-90-78(86)65-70-39-43-72(44-40-70)92-76(84)36-29-23-28-34-74(82)88-59-49-66(31-24-18-14-11-8-5-2)32-25-19-15-12-9-6-3/h37-44,66-68H,4-36,45-65H2,1-3H3. The van der Waals surface area contributed by atoms with Crippen LogP contribution in [0.3, 0.4) is 0 Å². The van der Waals surface area contributed by atoms with Crippen molar-refractivity contribution in [2.24, 2.45) is 17.8 Å². The quantitative estimate of drug-likeness (QED) is 0.0202. The molecular formula is C78H128N2O12S2. The Bertz CT molecular complexity index is 2240. The number of piperidine rings is 2. The first-order chi connectivity index (χ1) is 46.0. The van der Waals surface area contributed by atoms with Crippen molar-refractivity contribution in [1.82, 2.24) is 9.80 Å². The lowest BCUT2D eigenvalue weighted by Gasteiger charge is -2.32. The van der Waals surface area contributed by atoms with Crippen LogP contribution in [0.4, 0.5) is 0 Å². The molecule has 4 rings (SSSR count). The van der Waals surface area contributed by atoms with Crippen molar-refractivity contribution in [3.05, 3.63) is 59.7 Å². The number of carbonyl (C=O) groups is 6. The molecule has 0 N–H and O–H groups in total. The van der Waals surface area contributed by atoms with E-state index in [9.17, 15) is 28.8 Å². The summed E-state index contributed by atoms with van der Waals surface area (Å²) in [5.74, 6) is 3.67. The average molecular weight is 1350 g/mol. The number of carbonyl (C=O) groups excluding carboxylic acids is 6. The molecule has 0 saturated carbocycles. The molecule has 0 unspecified atom stereocenters. The molecule has 16 heteroatoms. The Balaban J connectivity index is 0.901. The molecule has 0 spiro atoms. The van der Waals surface area contributed by atoms with Crippen molar-refractivity contribution in [2.75, 3.05) is 77.2 Å². The highest BCUT2D eigenvalue weighted by Gasteiger charge is 2.22. The molecule has 0 bridgehead atoms. The van der Waals surface area contributed by atoms with Gasteiger partial charge < -0.3 is 38.2 Å². The van der Waals surface area contributed by atoms with E-state index in [4.69, 9.17) is 28.4 Å². The molecular weight excluding hydrogens is 1220 g/mol. The van der Waals surface area contributed by atoms with Gasteiger partial charge in [0.05, 0.1) is 39.3 Å². The van der Waals surface area contributed by atoms with E-state index in [2.05, 4.69) is 30.6 Å². The van der Waals surface area contributed by atoms with E-state index < -0.39 is 0 Å². The Morgan fingerprint density at radius 2 is 0.702 bits per heavy atom. The molecule has 2 saturated heterocycles. The molecule has 2 heterocycles. The number of hydrogen-bond acceptors (Lipinski definition) is 16. The van der Waals surface area contributed by atoms with Gasteiger partial charge in [0.15, 0.2) is 0 Å². The molecule has 2 aromatic rings. The fraction of sp³-hybridized carbons (Fsp3) is 0.769. The van der Waals surface area contributed by atoms with Gasteiger partial charge in [-0.25, -0.2) is 0 Å². The zero-order valence-electron chi connectivity index (χ0n) is 59.1. The fourth-order valence-corrected chi connectivity index (χ4v) is 14.7. The summed E-state index contributed by atoms with van der Waals surface area (Å²) in [4.78, 5) is 80.0. The highest BCUT2D eigenvalue weighted by molar-refractivity contribution is 8.76. The summed E-state index contributed by atoms with van der Waals surface area (Å²) in [5, 5.41) is 0. The lowest BCUT2D eigenvalue weighted by Crippen LogP contribution is -2.36. The van der Waals surface area contributed by atoms with Crippen LogP contribution in [0.25, 0.3) is 0 Å². The van der Waals surface area contributed by atoms with Crippen molar-refractivity contribution < 1.29 is 57.2 Å². The van der Waals surface area contributed by atoms with Gasteiger partial charge in [-0.3, -0.25) is 28.8 Å². The van der Waals surface area contributed by atoms with Gasteiger partial charge in [-0.15, -0.1) is 0 Å². The summed E-state index contributed by atoms with van der Waals surface area (Å²) in [6.07, 6.45) is 42.3. The van der Waals surface area contributed by atoms with Crippen LogP contribution in [0.15, 0.2) is 48.5 Å². The van der Waals surface area contributed by atoms with E-state index in [1.807, 2.05) is 45.9 Å². The number of unbranched alkanes of at least 4 members (excludes halogenated alkanes) is 22. The van der Waals surface area contributed by atoms with Crippen molar-refractivity contribution >= 4 is 57.4 Å². The van der Waals surface area contributed by atoms with Gasteiger partial charge in [-0.05, 0) is 156 Å². The molecule has 2 aliphatic rings. The third-order valence-corrected chi connectivity index (χ3v) is 21.2. The van der Waals surface area contributed by atoms with Crippen LogP contribution in [-0.2, 0) is 60.6 Å². The minimum absolute atomic E-state index is 0.101. The van der Waals surface area contributed by atoms with Gasteiger partial charge in [-0.1, -0.05) is 221 Å². The average Bonchev–Trinajstić information content (AvgIpc) is 2.88. The fourth-order valence-electron chi connectivity index (χ4n) is 12.7. The summed E-state index contributed by atoms with van der Waals surface area (Å²) >= 11 is 0. The lowest BCUT2D eigenvalue weighted by atomic mass is 9.91. The molecule has 2 aromatic carbocycles. The summed E-state index contributed by atoms with van der Waals surface area (Å²) in [6, 6.07) is 14.2. The van der Waals surface area contributed by atoms with E-state index in [1.54, 1.807) is 24.3 Å². The number of benzene rings is 2. The summed E-state index contributed by atoms with van der Waals surface area (Å²) in [6.45, 7) is 15.2. The number of esters is 6. The molecule has 14 nitrogen and oxygen atoms in total. The van der Waals surface area contributed by atoms with E-state index >= 15 is 0 Å². The van der Waals surface area contributed by atoms with Gasteiger partial charge in [0.25, 0.3) is 0 Å². The third-order valence-electron chi connectivity index (χ3n) is 18.8. The smallest absolute Gasteiger partial charge is 0.311 e. The molecule has 534 valence electrons. The van der Waals surface area contributed by atoms with Gasteiger partial charge in [-0.2, -0.15) is 0 Å². The Morgan fingerprint density at radius 3 is 1.11 bits per heavy atom. The van der Waals surface area contributed by atoms with Crippen LogP contribution in [0.5, 0.6) is 11.5 Å². The third kappa shape index (κ3) is 43.9. The second-order valence-electron chi connectivity index (χ2n) is 27.0. The molecule has 2 fully saturated rings. The van der Waals surface area contributed by atoms with E-state index in [-0.39, 0.29) is 55.1 Å². The van der Waals surface area contributed by atoms with Crippen LogP contribution in [0.1, 0.15) is 289 Å². The molecule has 94 heavy (non-hydrogen) atoms.